The maximum absolute atomic E-state index is 6.00. The third-order valence-electron chi connectivity index (χ3n) is 3.01. The summed E-state index contributed by atoms with van der Waals surface area (Å²) in [5, 5.41) is 7.56. The van der Waals surface area contributed by atoms with Crippen LogP contribution in [0.15, 0.2) is 24.8 Å². The summed E-state index contributed by atoms with van der Waals surface area (Å²) in [6, 6.07) is 0. The summed E-state index contributed by atoms with van der Waals surface area (Å²) in [5.74, 6) is 0.867. The highest BCUT2D eigenvalue weighted by Gasteiger charge is 2.14. The van der Waals surface area contributed by atoms with Crippen molar-refractivity contribution >= 4 is 23.1 Å². The zero-order valence-corrected chi connectivity index (χ0v) is 12.4. The quantitative estimate of drug-likeness (QED) is 0.796. The van der Waals surface area contributed by atoms with Crippen LogP contribution in [0.4, 0.5) is 5.82 Å². The standard InChI is InChI=1S/C13H14ClN7/c1-8(2)10-7-18-12-11(19-13(14)20-21(10)12)17-6-9-5-15-3-4-16-9/h3-5,7-8H,6H2,1-2H3,(H,17,19,20). The van der Waals surface area contributed by atoms with Crippen molar-refractivity contribution in [3.63, 3.8) is 0 Å². The van der Waals surface area contributed by atoms with E-state index >= 15 is 0 Å². The summed E-state index contributed by atoms with van der Waals surface area (Å²) in [6.07, 6.45) is 6.76. The van der Waals surface area contributed by atoms with Crippen LogP contribution in [0.25, 0.3) is 5.65 Å². The first-order valence-corrected chi connectivity index (χ1v) is 6.93. The summed E-state index contributed by atoms with van der Waals surface area (Å²) in [4.78, 5) is 16.8. The Hall–Kier alpha value is -2.28. The number of nitrogens with one attached hydrogen (secondary N) is 1. The molecular formula is C13H14ClN7. The van der Waals surface area contributed by atoms with Crippen LogP contribution >= 0.6 is 11.6 Å². The Labute approximate surface area is 126 Å². The number of aromatic nitrogens is 6. The molecule has 3 heterocycles. The molecule has 0 saturated heterocycles. The van der Waals surface area contributed by atoms with Gasteiger partial charge in [0.05, 0.1) is 30.3 Å². The van der Waals surface area contributed by atoms with Gasteiger partial charge in [-0.05, 0) is 17.5 Å². The fraction of sp³-hybridized carbons (Fsp3) is 0.308. The molecule has 0 unspecified atom stereocenters. The predicted molar refractivity (Wildman–Crippen MR) is 79.2 cm³/mol. The molecule has 0 atom stereocenters. The molecule has 21 heavy (non-hydrogen) atoms. The predicted octanol–water partition coefficient (Wildman–Crippen LogP) is 2.30. The normalized spacial score (nSPS) is 11.2. The lowest BCUT2D eigenvalue weighted by atomic mass is 10.2. The van der Waals surface area contributed by atoms with E-state index in [0.29, 0.717) is 23.9 Å². The van der Waals surface area contributed by atoms with Gasteiger partial charge in [-0.1, -0.05) is 13.8 Å². The average molecular weight is 304 g/mol. The van der Waals surface area contributed by atoms with Gasteiger partial charge in [-0.3, -0.25) is 9.97 Å². The molecule has 8 heteroatoms. The highest BCUT2D eigenvalue weighted by molar-refractivity contribution is 6.28. The van der Waals surface area contributed by atoms with Crippen molar-refractivity contribution in [3.8, 4) is 0 Å². The van der Waals surface area contributed by atoms with Crippen LogP contribution in [0.3, 0.4) is 0 Å². The molecule has 0 amide bonds. The minimum atomic E-state index is 0.170. The van der Waals surface area contributed by atoms with Gasteiger partial charge in [0.2, 0.25) is 5.28 Å². The molecule has 0 radical (unpaired) electrons. The summed E-state index contributed by atoms with van der Waals surface area (Å²) < 4.78 is 1.72. The highest BCUT2D eigenvalue weighted by Crippen LogP contribution is 2.21. The van der Waals surface area contributed by atoms with Crippen LogP contribution in [-0.2, 0) is 6.54 Å². The number of anilines is 1. The maximum Gasteiger partial charge on any atom is 0.243 e. The average Bonchev–Trinajstić information content (AvgIpc) is 2.89. The first-order valence-electron chi connectivity index (χ1n) is 6.55. The molecule has 108 valence electrons. The van der Waals surface area contributed by atoms with Gasteiger partial charge >= 0.3 is 0 Å². The van der Waals surface area contributed by atoms with E-state index in [4.69, 9.17) is 11.6 Å². The first-order chi connectivity index (χ1) is 10.1. The molecule has 3 aromatic rings. The highest BCUT2D eigenvalue weighted by atomic mass is 35.5. The van der Waals surface area contributed by atoms with Crippen LogP contribution in [0, 0.1) is 0 Å². The summed E-state index contributed by atoms with van der Waals surface area (Å²) in [7, 11) is 0. The SMILES string of the molecule is CC(C)c1cnc2c(NCc3cnccn3)nc(Cl)nn12. The Morgan fingerprint density at radius 1 is 1.24 bits per heavy atom. The molecule has 0 spiro atoms. The number of hydrogen-bond acceptors (Lipinski definition) is 6. The third-order valence-corrected chi connectivity index (χ3v) is 3.17. The van der Waals surface area contributed by atoms with Gasteiger partial charge in [0.1, 0.15) is 0 Å². The van der Waals surface area contributed by atoms with Crippen LogP contribution in [0.2, 0.25) is 5.28 Å². The van der Waals surface area contributed by atoms with E-state index in [0.717, 1.165) is 11.4 Å². The largest absolute Gasteiger partial charge is 0.361 e. The number of hydrogen-bond donors (Lipinski definition) is 1. The van der Waals surface area contributed by atoms with Gasteiger partial charge in [-0.2, -0.15) is 4.98 Å². The monoisotopic (exact) mass is 303 g/mol. The topological polar surface area (TPSA) is 80.9 Å². The molecule has 0 saturated carbocycles. The van der Waals surface area contributed by atoms with Crippen molar-refractivity contribution < 1.29 is 0 Å². The second-order valence-electron chi connectivity index (χ2n) is 4.85. The van der Waals surface area contributed by atoms with Gasteiger partial charge in [0.25, 0.3) is 0 Å². The Kier molecular flexibility index (Phi) is 3.66. The summed E-state index contributed by atoms with van der Waals surface area (Å²) >= 11 is 6.00. The lowest BCUT2D eigenvalue weighted by Crippen LogP contribution is -2.08. The number of rotatable bonds is 4. The Bertz CT molecular complexity index is 754. The van der Waals surface area contributed by atoms with Crippen molar-refractivity contribution in [2.75, 3.05) is 5.32 Å². The van der Waals surface area contributed by atoms with Gasteiger partial charge in [-0.25, -0.2) is 9.50 Å². The van der Waals surface area contributed by atoms with Crippen molar-refractivity contribution in [1.82, 2.24) is 29.5 Å². The van der Waals surface area contributed by atoms with E-state index in [1.54, 1.807) is 29.3 Å². The minimum Gasteiger partial charge on any atom is -0.361 e. The second kappa shape index (κ2) is 5.61. The fourth-order valence-corrected chi connectivity index (χ4v) is 2.14. The molecule has 3 rings (SSSR count). The lowest BCUT2D eigenvalue weighted by Gasteiger charge is -2.08. The smallest absolute Gasteiger partial charge is 0.243 e. The van der Waals surface area contributed by atoms with Gasteiger partial charge in [-0.15, -0.1) is 5.10 Å². The molecule has 0 aliphatic rings. The van der Waals surface area contributed by atoms with Crippen molar-refractivity contribution in [2.45, 2.75) is 26.3 Å². The molecule has 0 fully saturated rings. The van der Waals surface area contributed by atoms with E-state index < -0.39 is 0 Å². The van der Waals surface area contributed by atoms with Crippen LogP contribution < -0.4 is 5.32 Å². The third kappa shape index (κ3) is 2.78. The van der Waals surface area contributed by atoms with E-state index in [-0.39, 0.29) is 5.28 Å². The molecule has 0 aliphatic heterocycles. The van der Waals surface area contributed by atoms with E-state index in [9.17, 15) is 0 Å². The zero-order chi connectivity index (χ0) is 14.8. The molecular weight excluding hydrogens is 290 g/mol. The molecule has 0 aliphatic carbocycles. The minimum absolute atomic E-state index is 0.170. The zero-order valence-electron chi connectivity index (χ0n) is 11.7. The first kappa shape index (κ1) is 13.7. The fourth-order valence-electron chi connectivity index (χ4n) is 1.98. The maximum atomic E-state index is 6.00. The van der Waals surface area contributed by atoms with Crippen molar-refractivity contribution in [2.24, 2.45) is 0 Å². The van der Waals surface area contributed by atoms with Gasteiger partial charge in [0.15, 0.2) is 11.5 Å². The Morgan fingerprint density at radius 3 is 2.81 bits per heavy atom. The van der Waals surface area contributed by atoms with Crippen LogP contribution in [0.5, 0.6) is 0 Å². The van der Waals surface area contributed by atoms with Crippen molar-refractivity contribution in [3.05, 3.63) is 41.5 Å². The number of halogens is 1. The van der Waals surface area contributed by atoms with E-state index in [1.165, 1.54) is 0 Å². The summed E-state index contributed by atoms with van der Waals surface area (Å²) in [5.41, 5.74) is 2.44. The van der Waals surface area contributed by atoms with E-state index in [1.807, 2.05) is 0 Å². The summed E-state index contributed by atoms with van der Waals surface area (Å²) in [6.45, 7) is 4.64. The molecule has 0 aromatic carbocycles. The van der Waals surface area contributed by atoms with Crippen LogP contribution in [0.1, 0.15) is 31.2 Å². The van der Waals surface area contributed by atoms with Gasteiger partial charge in [0, 0.05) is 12.4 Å². The molecule has 3 aromatic heterocycles. The number of nitrogens with zero attached hydrogens (tertiary/aromatic N) is 6. The molecule has 0 bridgehead atoms. The Morgan fingerprint density at radius 2 is 2.10 bits per heavy atom. The second-order valence-corrected chi connectivity index (χ2v) is 5.19. The Balaban J connectivity index is 1.95. The lowest BCUT2D eigenvalue weighted by molar-refractivity contribution is 0.751. The van der Waals surface area contributed by atoms with Crippen molar-refractivity contribution in [1.29, 1.82) is 0 Å². The van der Waals surface area contributed by atoms with E-state index in [2.05, 4.69) is 44.2 Å². The molecule has 1 N–H and O–H groups in total. The molecule has 7 nitrogen and oxygen atoms in total. The number of imidazole rings is 1. The van der Waals surface area contributed by atoms with Gasteiger partial charge < -0.3 is 5.32 Å². The van der Waals surface area contributed by atoms with Crippen LogP contribution in [-0.4, -0.2) is 29.5 Å². The number of fused-ring (bicyclic) bond motifs is 1.